The second-order valence-corrected chi connectivity index (χ2v) is 5.93. The Morgan fingerprint density at radius 1 is 1.14 bits per heavy atom. The molecule has 152 valence electrons. The zero-order valence-corrected chi connectivity index (χ0v) is 15.2. The second kappa shape index (κ2) is 9.81. The number of benzene rings is 1. The lowest BCUT2D eigenvalue weighted by Crippen LogP contribution is -2.19. The fraction of sp³-hybridized carbons (Fsp3) is 0.389. The second-order valence-electron chi connectivity index (χ2n) is 5.93. The molecule has 10 heteroatoms. The van der Waals surface area contributed by atoms with E-state index in [1.54, 1.807) is 7.05 Å². The molecule has 0 aliphatic rings. The van der Waals surface area contributed by atoms with Crippen LogP contribution in [0.25, 0.3) is 10.9 Å². The summed E-state index contributed by atoms with van der Waals surface area (Å²) in [6.45, 7) is 1.19. The average molecular weight is 396 g/mol. The number of hydrogen-bond donors (Lipinski definition) is 3. The quantitative estimate of drug-likeness (QED) is 0.485. The Morgan fingerprint density at radius 3 is 2.46 bits per heavy atom. The first-order valence-corrected chi connectivity index (χ1v) is 8.48. The summed E-state index contributed by atoms with van der Waals surface area (Å²) >= 11 is 0. The molecule has 9 nitrogen and oxygen atoms in total. The zero-order chi connectivity index (χ0) is 20.7. The number of aromatic carboxylic acids is 1. The van der Waals surface area contributed by atoms with Gasteiger partial charge in [0.25, 0.3) is 0 Å². The van der Waals surface area contributed by atoms with Crippen molar-refractivity contribution in [2.75, 3.05) is 38.3 Å². The van der Waals surface area contributed by atoms with Crippen LogP contribution < -0.4 is 10.7 Å². The number of aryl methyl sites for hydroxylation is 1. The maximum Gasteiger partial charge on any atom is 0.341 e. The molecular formula is C18H21FN2O7. The van der Waals surface area contributed by atoms with Crippen molar-refractivity contribution >= 4 is 28.5 Å². The van der Waals surface area contributed by atoms with Gasteiger partial charge in [-0.3, -0.25) is 9.59 Å². The summed E-state index contributed by atoms with van der Waals surface area (Å²) < 4.78 is 26.1. The van der Waals surface area contributed by atoms with Crippen LogP contribution in [0, 0.1) is 5.82 Å². The average Bonchev–Trinajstić information content (AvgIpc) is 2.63. The summed E-state index contributed by atoms with van der Waals surface area (Å²) in [5.41, 5.74) is -0.607. The van der Waals surface area contributed by atoms with Crippen molar-refractivity contribution in [1.29, 1.82) is 0 Å². The molecule has 0 atom stereocenters. The van der Waals surface area contributed by atoms with Crippen LogP contribution in [0.1, 0.15) is 16.8 Å². The molecule has 1 aromatic carbocycles. The van der Waals surface area contributed by atoms with E-state index in [0.717, 1.165) is 6.07 Å². The predicted octanol–water partition coefficient (Wildman–Crippen LogP) is 1.30. The van der Waals surface area contributed by atoms with E-state index in [1.165, 1.54) is 16.8 Å². The highest BCUT2D eigenvalue weighted by Crippen LogP contribution is 2.21. The molecule has 0 spiro atoms. The molecule has 0 aliphatic carbocycles. The van der Waals surface area contributed by atoms with E-state index in [-0.39, 0.29) is 43.9 Å². The number of fused-ring (bicyclic) bond motifs is 1. The minimum absolute atomic E-state index is 0.0137. The Labute approximate surface area is 159 Å². The SMILES string of the molecule is Cn1cc(C(=O)O)c(=O)c2cc(F)c(NCCOCCOCCC(=O)O)cc21. The third-order valence-electron chi connectivity index (χ3n) is 3.90. The third kappa shape index (κ3) is 5.51. The van der Waals surface area contributed by atoms with Crippen LogP contribution in [0.2, 0.25) is 0 Å². The Kier molecular flexibility index (Phi) is 7.47. The molecule has 0 fully saturated rings. The van der Waals surface area contributed by atoms with Gasteiger partial charge >= 0.3 is 11.9 Å². The van der Waals surface area contributed by atoms with Crippen LogP contribution >= 0.6 is 0 Å². The van der Waals surface area contributed by atoms with Crippen LogP contribution in [0.4, 0.5) is 10.1 Å². The van der Waals surface area contributed by atoms with E-state index < -0.39 is 28.7 Å². The number of halogens is 1. The third-order valence-corrected chi connectivity index (χ3v) is 3.90. The summed E-state index contributed by atoms with van der Waals surface area (Å²) in [4.78, 5) is 33.6. The van der Waals surface area contributed by atoms with Crippen LogP contribution in [0.5, 0.6) is 0 Å². The molecule has 3 N–H and O–H groups in total. The number of aliphatic carboxylic acids is 1. The lowest BCUT2D eigenvalue weighted by Gasteiger charge is -2.12. The van der Waals surface area contributed by atoms with Gasteiger partial charge in [0.1, 0.15) is 11.4 Å². The van der Waals surface area contributed by atoms with Crippen molar-refractivity contribution in [3.8, 4) is 0 Å². The van der Waals surface area contributed by atoms with Crippen molar-refractivity contribution in [2.24, 2.45) is 7.05 Å². The molecule has 1 aromatic heterocycles. The summed E-state index contributed by atoms with van der Waals surface area (Å²) in [6, 6.07) is 2.45. The number of hydrogen-bond acceptors (Lipinski definition) is 6. The molecule has 0 bridgehead atoms. The van der Waals surface area contributed by atoms with Crippen LogP contribution in [-0.2, 0) is 21.3 Å². The summed E-state index contributed by atoms with van der Waals surface area (Å²) in [5, 5.41) is 20.4. The normalized spacial score (nSPS) is 10.9. The molecular weight excluding hydrogens is 375 g/mol. The van der Waals surface area contributed by atoms with Gasteiger partial charge in [-0.05, 0) is 12.1 Å². The lowest BCUT2D eigenvalue weighted by atomic mass is 10.1. The van der Waals surface area contributed by atoms with Gasteiger partial charge in [0.2, 0.25) is 5.43 Å². The standard InChI is InChI=1S/C18H21FN2O7/c1-21-10-12(18(25)26)17(24)11-8-13(19)14(9-15(11)21)20-3-5-28-7-6-27-4-2-16(22)23/h8-10,20H,2-7H2,1H3,(H,22,23)(H,25,26). The number of pyridine rings is 1. The number of rotatable bonds is 11. The largest absolute Gasteiger partial charge is 0.481 e. The van der Waals surface area contributed by atoms with E-state index in [1.807, 2.05) is 0 Å². The summed E-state index contributed by atoms with van der Waals surface area (Å²) in [5.74, 6) is -2.97. The Balaban J connectivity index is 1.92. The maximum atomic E-state index is 14.3. The fourth-order valence-corrected chi connectivity index (χ4v) is 2.53. The van der Waals surface area contributed by atoms with Gasteiger partial charge in [-0.2, -0.15) is 0 Å². The number of ether oxygens (including phenoxy) is 2. The Morgan fingerprint density at radius 2 is 1.82 bits per heavy atom. The predicted molar refractivity (Wildman–Crippen MR) is 98.5 cm³/mol. The van der Waals surface area contributed by atoms with Crippen molar-refractivity contribution in [2.45, 2.75) is 6.42 Å². The van der Waals surface area contributed by atoms with E-state index in [4.69, 9.17) is 19.7 Å². The van der Waals surface area contributed by atoms with Gasteiger partial charge in [-0.25, -0.2) is 9.18 Å². The van der Waals surface area contributed by atoms with Gasteiger partial charge in [-0.15, -0.1) is 0 Å². The zero-order valence-electron chi connectivity index (χ0n) is 15.2. The highest BCUT2D eigenvalue weighted by atomic mass is 19.1. The van der Waals surface area contributed by atoms with Gasteiger partial charge in [0, 0.05) is 25.2 Å². The maximum absolute atomic E-state index is 14.3. The van der Waals surface area contributed by atoms with Crippen molar-refractivity contribution in [3.63, 3.8) is 0 Å². The fourth-order valence-electron chi connectivity index (χ4n) is 2.53. The molecule has 0 amide bonds. The first-order valence-electron chi connectivity index (χ1n) is 8.48. The highest BCUT2D eigenvalue weighted by Gasteiger charge is 2.15. The first-order chi connectivity index (χ1) is 13.3. The van der Waals surface area contributed by atoms with Crippen molar-refractivity contribution in [3.05, 3.63) is 39.9 Å². The molecule has 0 aliphatic heterocycles. The molecule has 28 heavy (non-hydrogen) atoms. The molecule has 1 heterocycles. The van der Waals surface area contributed by atoms with Gasteiger partial charge in [-0.1, -0.05) is 0 Å². The van der Waals surface area contributed by atoms with Gasteiger partial charge < -0.3 is 29.6 Å². The minimum atomic E-state index is -1.37. The number of carboxylic acids is 2. The molecule has 2 rings (SSSR count). The van der Waals surface area contributed by atoms with Gasteiger partial charge in [0.05, 0.1) is 44.1 Å². The van der Waals surface area contributed by atoms with E-state index in [0.29, 0.717) is 12.1 Å². The monoisotopic (exact) mass is 396 g/mol. The summed E-state index contributed by atoms with van der Waals surface area (Å²) in [6.07, 6.45) is 1.13. The lowest BCUT2D eigenvalue weighted by molar-refractivity contribution is -0.138. The molecule has 0 unspecified atom stereocenters. The number of nitrogens with zero attached hydrogens (tertiary/aromatic N) is 1. The topological polar surface area (TPSA) is 127 Å². The van der Waals surface area contributed by atoms with E-state index in [9.17, 15) is 18.8 Å². The molecule has 2 aromatic rings. The Bertz CT molecular complexity index is 926. The summed E-state index contributed by atoms with van der Waals surface area (Å²) in [7, 11) is 1.57. The smallest absolute Gasteiger partial charge is 0.341 e. The van der Waals surface area contributed by atoms with Crippen molar-refractivity contribution < 1.29 is 33.7 Å². The minimum Gasteiger partial charge on any atom is -0.481 e. The number of anilines is 1. The Hall–Kier alpha value is -2.98. The number of aromatic nitrogens is 1. The number of carbonyl (C=O) groups is 2. The number of carboxylic acid groups (broad SMARTS) is 2. The number of nitrogens with one attached hydrogen (secondary N) is 1. The van der Waals surface area contributed by atoms with E-state index >= 15 is 0 Å². The first kappa shape index (κ1) is 21.3. The molecule has 0 saturated heterocycles. The molecule has 0 radical (unpaired) electrons. The highest BCUT2D eigenvalue weighted by molar-refractivity contribution is 5.93. The molecule has 0 saturated carbocycles. The van der Waals surface area contributed by atoms with Crippen molar-refractivity contribution in [1.82, 2.24) is 4.57 Å². The van der Waals surface area contributed by atoms with E-state index in [2.05, 4.69) is 5.32 Å². The van der Waals surface area contributed by atoms with Crippen LogP contribution in [-0.4, -0.2) is 59.7 Å². The van der Waals surface area contributed by atoms with Crippen LogP contribution in [0.3, 0.4) is 0 Å². The van der Waals surface area contributed by atoms with Gasteiger partial charge in [0.15, 0.2) is 0 Å². The van der Waals surface area contributed by atoms with Crippen LogP contribution in [0.15, 0.2) is 23.1 Å².